The molecule has 0 saturated carbocycles. The van der Waals surface area contributed by atoms with Crippen LogP contribution in [0.1, 0.15) is 72.9 Å². The Hall–Kier alpha value is -6.52. The number of benzene rings is 6. The zero-order valence-corrected chi connectivity index (χ0v) is 34.9. The molecular formula is C54H52N4. The lowest BCUT2D eigenvalue weighted by Gasteiger charge is -2.32. The SMILES string of the molecule is C/C=C\C(=C/N)n1c2ccc(-c3ccc(C)c(C)c3)cc2c2cc3c(cc21)-c1cc2c(cc1C(C)C3C)c1cc(-c3ccc(C)c(C)c3)ccc1n2/C(C)=C/C=C\N. The van der Waals surface area contributed by atoms with Crippen molar-refractivity contribution >= 4 is 55.0 Å². The van der Waals surface area contributed by atoms with Gasteiger partial charge in [0.2, 0.25) is 0 Å². The predicted octanol–water partition coefficient (Wildman–Crippen LogP) is 14.0. The monoisotopic (exact) mass is 756 g/mol. The lowest BCUT2D eigenvalue weighted by atomic mass is 9.72. The molecular weight excluding hydrogens is 705 g/mol. The van der Waals surface area contributed by atoms with Gasteiger partial charge >= 0.3 is 0 Å². The molecule has 0 amide bonds. The molecule has 8 aromatic rings. The molecule has 1 aliphatic carbocycles. The third-order valence-corrected chi connectivity index (χ3v) is 13.1. The Morgan fingerprint density at radius 2 is 0.983 bits per heavy atom. The summed E-state index contributed by atoms with van der Waals surface area (Å²) in [5, 5.41) is 4.99. The molecule has 4 N–H and O–H groups in total. The van der Waals surface area contributed by atoms with Gasteiger partial charge in [-0.25, -0.2) is 0 Å². The molecule has 2 heterocycles. The third-order valence-electron chi connectivity index (χ3n) is 13.1. The number of nitrogens with two attached hydrogens (primary N) is 2. The van der Waals surface area contributed by atoms with Gasteiger partial charge in [0, 0.05) is 33.4 Å². The van der Waals surface area contributed by atoms with Crippen LogP contribution >= 0.6 is 0 Å². The first-order chi connectivity index (χ1) is 28.0. The minimum Gasteiger partial charge on any atom is -0.405 e. The first-order valence-corrected chi connectivity index (χ1v) is 20.5. The highest BCUT2D eigenvalue weighted by Gasteiger charge is 2.31. The number of nitrogens with zero attached hydrogens (tertiary/aromatic N) is 2. The van der Waals surface area contributed by atoms with Crippen molar-refractivity contribution in [1.29, 1.82) is 0 Å². The summed E-state index contributed by atoms with van der Waals surface area (Å²) >= 11 is 0. The van der Waals surface area contributed by atoms with E-state index >= 15 is 0 Å². The van der Waals surface area contributed by atoms with Crippen LogP contribution in [-0.2, 0) is 0 Å². The second-order valence-electron chi connectivity index (χ2n) is 16.5. The molecule has 58 heavy (non-hydrogen) atoms. The average molecular weight is 757 g/mol. The van der Waals surface area contributed by atoms with Gasteiger partial charge in [-0.05, 0) is 193 Å². The van der Waals surface area contributed by atoms with Gasteiger partial charge in [-0.3, -0.25) is 0 Å². The zero-order valence-electron chi connectivity index (χ0n) is 34.9. The van der Waals surface area contributed by atoms with Crippen molar-refractivity contribution in [1.82, 2.24) is 9.13 Å². The number of allylic oxidation sites excluding steroid dienone is 6. The maximum atomic E-state index is 6.42. The van der Waals surface area contributed by atoms with Crippen LogP contribution in [0.3, 0.4) is 0 Å². The van der Waals surface area contributed by atoms with Crippen LogP contribution in [0.25, 0.3) is 88.4 Å². The van der Waals surface area contributed by atoms with Crippen molar-refractivity contribution in [3.63, 3.8) is 0 Å². The van der Waals surface area contributed by atoms with Gasteiger partial charge in [-0.1, -0.05) is 68.5 Å². The van der Waals surface area contributed by atoms with Crippen LogP contribution in [0.2, 0.25) is 0 Å². The first kappa shape index (κ1) is 37.1. The Kier molecular flexibility index (Phi) is 9.04. The Labute approximate surface area is 342 Å². The maximum Gasteiger partial charge on any atom is 0.0613 e. The zero-order chi connectivity index (χ0) is 40.6. The molecule has 2 unspecified atom stereocenters. The standard InChI is InChI=1S/C54H52N4/c1-9-11-42(30-56)58-52-20-18-41(39-16-14-32(3)34(5)23-39)25-48(52)50-27-44-37(8)36(7)43-26-49-47-24-40(38-15-13-31(2)33(4)22-38)17-19-51(47)57(35(6)12-10-21-55)53(49)28-45(43)46(44)29-54(50)58/h9-30,36-37H,55-56H2,1-8H3/b11-9-,21-10-,35-12+,42-30+. The first-order valence-electron chi connectivity index (χ1n) is 20.5. The molecule has 2 aromatic heterocycles. The molecule has 0 radical (unpaired) electrons. The number of rotatable bonds is 6. The summed E-state index contributed by atoms with van der Waals surface area (Å²) in [5.74, 6) is 0.617. The molecule has 9 rings (SSSR count). The van der Waals surface area contributed by atoms with E-state index in [0.29, 0.717) is 11.8 Å². The van der Waals surface area contributed by atoms with E-state index < -0.39 is 0 Å². The van der Waals surface area contributed by atoms with Crippen molar-refractivity contribution in [3.05, 3.63) is 167 Å². The Morgan fingerprint density at radius 1 is 0.534 bits per heavy atom. The topological polar surface area (TPSA) is 61.9 Å². The van der Waals surface area contributed by atoms with Gasteiger partial charge in [-0.15, -0.1) is 0 Å². The summed E-state index contributed by atoms with van der Waals surface area (Å²) in [5.41, 5.74) is 34.5. The maximum absolute atomic E-state index is 6.42. The summed E-state index contributed by atoms with van der Waals surface area (Å²) in [6.45, 7) is 17.8. The summed E-state index contributed by atoms with van der Waals surface area (Å²) in [6.07, 6.45) is 11.5. The van der Waals surface area contributed by atoms with Crippen LogP contribution in [0.5, 0.6) is 0 Å². The minimum absolute atomic E-state index is 0.307. The fourth-order valence-electron chi connectivity index (χ4n) is 9.43. The molecule has 6 aromatic carbocycles. The molecule has 4 heteroatoms. The number of hydrogen-bond donors (Lipinski definition) is 2. The Bertz CT molecular complexity index is 3120. The Balaban J connectivity index is 1.33. The number of aryl methyl sites for hydroxylation is 4. The summed E-state index contributed by atoms with van der Waals surface area (Å²) in [6, 6.07) is 37.2. The van der Waals surface area contributed by atoms with Crippen molar-refractivity contribution in [2.45, 2.75) is 67.2 Å². The lowest BCUT2D eigenvalue weighted by Crippen LogP contribution is -2.13. The van der Waals surface area contributed by atoms with Gasteiger partial charge in [0.1, 0.15) is 0 Å². The normalized spacial score (nSPS) is 16.1. The highest BCUT2D eigenvalue weighted by Crippen LogP contribution is 2.51. The van der Waals surface area contributed by atoms with Crippen molar-refractivity contribution < 1.29 is 0 Å². The second kappa shape index (κ2) is 14.1. The van der Waals surface area contributed by atoms with E-state index in [-0.39, 0.29) is 0 Å². The summed E-state index contributed by atoms with van der Waals surface area (Å²) in [7, 11) is 0. The number of hydrogen-bond acceptors (Lipinski definition) is 2. The minimum atomic E-state index is 0.307. The molecule has 0 spiro atoms. The van der Waals surface area contributed by atoms with E-state index in [0.717, 1.165) is 22.4 Å². The van der Waals surface area contributed by atoms with Crippen molar-refractivity contribution in [3.8, 4) is 33.4 Å². The number of fused-ring (bicyclic) bond motifs is 9. The van der Waals surface area contributed by atoms with E-state index in [1.807, 2.05) is 13.0 Å². The molecule has 0 aliphatic heterocycles. The molecule has 288 valence electrons. The van der Waals surface area contributed by atoms with Crippen LogP contribution in [0.4, 0.5) is 0 Å². The lowest BCUT2D eigenvalue weighted by molar-refractivity contribution is 0.617. The van der Waals surface area contributed by atoms with E-state index in [2.05, 4.69) is 173 Å². The van der Waals surface area contributed by atoms with Gasteiger partial charge in [0.15, 0.2) is 0 Å². The predicted molar refractivity (Wildman–Crippen MR) is 251 cm³/mol. The number of aromatic nitrogens is 2. The van der Waals surface area contributed by atoms with Crippen LogP contribution in [0.15, 0.2) is 134 Å². The van der Waals surface area contributed by atoms with Gasteiger partial charge in [0.25, 0.3) is 0 Å². The van der Waals surface area contributed by atoms with Crippen LogP contribution in [0, 0.1) is 27.7 Å². The molecule has 2 atom stereocenters. The van der Waals surface area contributed by atoms with E-state index in [1.165, 1.54) is 99.3 Å². The molecule has 0 saturated heterocycles. The fourth-order valence-corrected chi connectivity index (χ4v) is 9.43. The smallest absolute Gasteiger partial charge is 0.0613 e. The second-order valence-corrected chi connectivity index (χ2v) is 16.5. The summed E-state index contributed by atoms with van der Waals surface area (Å²) in [4.78, 5) is 0. The van der Waals surface area contributed by atoms with Gasteiger partial charge < -0.3 is 20.6 Å². The third kappa shape index (κ3) is 5.73. The molecule has 4 nitrogen and oxygen atoms in total. The summed E-state index contributed by atoms with van der Waals surface area (Å²) < 4.78 is 4.75. The van der Waals surface area contributed by atoms with Gasteiger partial charge in [0.05, 0.1) is 27.8 Å². The highest BCUT2D eigenvalue weighted by atomic mass is 15.0. The molecule has 0 fully saturated rings. The van der Waals surface area contributed by atoms with E-state index in [9.17, 15) is 0 Å². The van der Waals surface area contributed by atoms with E-state index in [4.69, 9.17) is 11.5 Å². The quantitative estimate of drug-likeness (QED) is 0.166. The van der Waals surface area contributed by atoms with Crippen molar-refractivity contribution in [2.75, 3.05) is 0 Å². The fraction of sp³-hybridized carbons (Fsp3) is 0.185. The molecule has 1 aliphatic rings. The molecule has 0 bridgehead atoms. The van der Waals surface area contributed by atoms with Gasteiger partial charge in [-0.2, -0.15) is 0 Å². The average Bonchev–Trinajstić information content (AvgIpc) is 3.72. The van der Waals surface area contributed by atoms with Crippen LogP contribution < -0.4 is 11.5 Å². The highest BCUT2D eigenvalue weighted by molar-refractivity contribution is 6.15. The van der Waals surface area contributed by atoms with Crippen LogP contribution in [-0.4, -0.2) is 9.13 Å². The van der Waals surface area contributed by atoms with E-state index in [1.54, 1.807) is 12.4 Å². The Morgan fingerprint density at radius 3 is 1.45 bits per heavy atom. The van der Waals surface area contributed by atoms with Crippen molar-refractivity contribution in [2.24, 2.45) is 11.5 Å². The largest absolute Gasteiger partial charge is 0.405 e.